The van der Waals surface area contributed by atoms with Crippen LogP contribution in [-0.4, -0.2) is 18.8 Å². The summed E-state index contributed by atoms with van der Waals surface area (Å²) in [6, 6.07) is 0. The van der Waals surface area contributed by atoms with Gasteiger partial charge in [-0.25, -0.2) is 4.79 Å². The first-order valence-corrected chi connectivity index (χ1v) is 5.97. The smallest absolute Gasteiger partial charge is 0.345 e. The van der Waals surface area contributed by atoms with Gasteiger partial charge in [0.1, 0.15) is 0 Å². The Morgan fingerprint density at radius 3 is 1.90 bits per heavy atom. The number of rotatable bonds is 1. The van der Waals surface area contributed by atoms with Gasteiger partial charge in [0.25, 0.3) is 12.8 Å². The first-order chi connectivity index (χ1) is 4.34. The van der Waals surface area contributed by atoms with Gasteiger partial charge in [-0.05, 0) is 13.1 Å². The summed E-state index contributed by atoms with van der Waals surface area (Å²) >= 11 is 15.6. The quantitative estimate of drug-likeness (QED) is 0.500. The van der Waals surface area contributed by atoms with E-state index in [4.69, 9.17) is 34.8 Å². The van der Waals surface area contributed by atoms with Crippen molar-refractivity contribution in [2.24, 2.45) is 0 Å². The highest BCUT2D eigenvalue weighted by molar-refractivity contribution is 6.76. The Labute approximate surface area is 76.1 Å². The molecule has 0 aliphatic carbocycles. The van der Waals surface area contributed by atoms with Gasteiger partial charge in [0, 0.05) is 0 Å². The molecule has 0 spiro atoms. The predicted molar refractivity (Wildman–Crippen MR) is 43.9 cm³/mol. The Morgan fingerprint density at radius 2 is 1.80 bits per heavy atom. The fourth-order valence-corrected chi connectivity index (χ4v) is 1.08. The van der Waals surface area contributed by atoms with Crippen molar-refractivity contribution >= 4 is 49.8 Å². The monoisotopic (exact) mass is 219 g/mol. The summed E-state index contributed by atoms with van der Waals surface area (Å²) < 4.78 is 2.75. The normalized spacial score (nSPS) is 11.8. The van der Waals surface area contributed by atoms with Crippen LogP contribution in [0.2, 0.25) is 13.1 Å². The molecule has 10 heavy (non-hydrogen) atoms. The molecule has 59 valence electrons. The zero-order chi connectivity index (χ0) is 8.36. The minimum atomic E-state index is -1.93. The summed E-state index contributed by atoms with van der Waals surface area (Å²) in [5, 5.41) is 0. The van der Waals surface area contributed by atoms with Crippen LogP contribution in [0.4, 0.5) is 0 Å². The van der Waals surface area contributed by atoms with Crippen molar-refractivity contribution in [3.63, 3.8) is 0 Å². The van der Waals surface area contributed by atoms with Crippen LogP contribution in [0.1, 0.15) is 0 Å². The maximum Gasteiger partial charge on any atom is 0.345 e. The molecule has 0 aliphatic rings. The van der Waals surface area contributed by atoms with Crippen LogP contribution in [0.15, 0.2) is 0 Å². The Balaban J connectivity index is 3.87. The first kappa shape index (κ1) is 10.6. The van der Waals surface area contributed by atoms with Crippen molar-refractivity contribution in [1.82, 2.24) is 0 Å². The van der Waals surface area contributed by atoms with E-state index in [0.717, 1.165) is 0 Å². The first-order valence-electron chi connectivity index (χ1n) is 2.43. The highest BCUT2D eigenvalue weighted by atomic mass is 35.6. The summed E-state index contributed by atoms with van der Waals surface area (Å²) in [7, 11) is -1.12. The largest absolute Gasteiger partial charge is 0.515 e. The minimum absolute atomic E-state index is 0.795. The third-order valence-corrected chi connectivity index (χ3v) is 1.58. The lowest BCUT2D eigenvalue weighted by Crippen LogP contribution is -2.26. The summed E-state index contributed by atoms with van der Waals surface area (Å²) in [6.07, 6.45) is 0. The Kier molecular flexibility index (Phi) is 4.02. The second kappa shape index (κ2) is 3.81. The maximum absolute atomic E-state index is 10.7. The van der Waals surface area contributed by atoms with Gasteiger partial charge in [0.15, 0.2) is 0 Å². The third-order valence-electron chi connectivity index (χ3n) is 0.528. The fourth-order valence-electron chi connectivity index (χ4n) is 0.243. The second-order valence-electron chi connectivity index (χ2n) is 1.80. The Morgan fingerprint density at radius 1 is 1.40 bits per heavy atom. The molecule has 0 aromatic carbocycles. The lowest BCUT2D eigenvalue weighted by atomic mass is 10.8. The van der Waals surface area contributed by atoms with E-state index in [1.807, 2.05) is 0 Å². The summed E-state index contributed by atoms with van der Waals surface area (Å²) in [4.78, 5) is 10.7. The standard InChI is InChI=1S/C4H6Cl3O2Si/c1-10(2)9-3(8)4(5,6)7/h1-2H3. The van der Waals surface area contributed by atoms with E-state index in [1.165, 1.54) is 0 Å². The molecular weight excluding hydrogens is 214 g/mol. The van der Waals surface area contributed by atoms with Crippen molar-refractivity contribution in [3.05, 3.63) is 0 Å². The van der Waals surface area contributed by atoms with Gasteiger partial charge < -0.3 is 4.43 Å². The molecule has 0 aromatic heterocycles. The average Bonchev–Trinajstić information content (AvgIpc) is 1.60. The van der Waals surface area contributed by atoms with Crippen LogP contribution >= 0.6 is 34.8 Å². The van der Waals surface area contributed by atoms with E-state index in [0.29, 0.717) is 0 Å². The second-order valence-corrected chi connectivity index (χ2v) is 6.10. The molecule has 0 aromatic rings. The van der Waals surface area contributed by atoms with Crippen LogP contribution in [-0.2, 0) is 9.22 Å². The van der Waals surface area contributed by atoms with Crippen LogP contribution in [0.3, 0.4) is 0 Å². The van der Waals surface area contributed by atoms with Crippen molar-refractivity contribution in [3.8, 4) is 0 Å². The zero-order valence-corrected chi connectivity index (χ0v) is 8.72. The zero-order valence-electron chi connectivity index (χ0n) is 5.45. The molecule has 0 unspecified atom stereocenters. The average molecular weight is 221 g/mol. The van der Waals surface area contributed by atoms with E-state index in [-0.39, 0.29) is 0 Å². The number of carbonyl (C=O) groups is 1. The van der Waals surface area contributed by atoms with Crippen LogP contribution in [0.25, 0.3) is 0 Å². The molecule has 0 N–H and O–H groups in total. The van der Waals surface area contributed by atoms with E-state index in [2.05, 4.69) is 4.43 Å². The number of hydrogen-bond acceptors (Lipinski definition) is 2. The van der Waals surface area contributed by atoms with E-state index in [1.54, 1.807) is 13.1 Å². The van der Waals surface area contributed by atoms with Crippen molar-refractivity contribution in [1.29, 1.82) is 0 Å². The van der Waals surface area contributed by atoms with Gasteiger partial charge in [0.2, 0.25) is 0 Å². The van der Waals surface area contributed by atoms with Crippen molar-refractivity contribution < 1.29 is 9.22 Å². The van der Waals surface area contributed by atoms with Gasteiger partial charge in [-0.3, -0.25) is 0 Å². The third kappa shape index (κ3) is 4.38. The van der Waals surface area contributed by atoms with Crippen LogP contribution in [0.5, 0.6) is 0 Å². The molecule has 0 aliphatic heterocycles. The molecule has 0 amide bonds. The number of carbonyl (C=O) groups excluding carboxylic acids is 1. The number of alkyl halides is 3. The van der Waals surface area contributed by atoms with Crippen LogP contribution in [0, 0.1) is 0 Å². The molecule has 0 bridgehead atoms. The SMILES string of the molecule is C[Si](C)OC(=O)C(Cl)(Cl)Cl. The topological polar surface area (TPSA) is 26.3 Å². The molecule has 0 fully saturated rings. The van der Waals surface area contributed by atoms with Crippen molar-refractivity contribution in [2.75, 3.05) is 0 Å². The van der Waals surface area contributed by atoms with Gasteiger partial charge in [0.05, 0.1) is 0 Å². The molecule has 0 heterocycles. The molecule has 1 radical (unpaired) electrons. The van der Waals surface area contributed by atoms with Gasteiger partial charge >= 0.3 is 5.97 Å². The fraction of sp³-hybridized carbons (Fsp3) is 0.750. The number of hydrogen-bond donors (Lipinski definition) is 0. The molecule has 6 heteroatoms. The molecule has 2 nitrogen and oxygen atoms in total. The van der Waals surface area contributed by atoms with E-state index >= 15 is 0 Å². The van der Waals surface area contributed by atoms with E-state index in [9.17, 15) is 4.79 Å². The molecule has 0 saturated carbocycles. The van der Waals surface area contributed by atoms with Gasteiger partial charge in [-0.15, -0.1) is 0 Å². The number of halogens is 3. The molecule has 0 rings (SSSR count). The predicted octanol–water partition coefficient (Wildman–Crippen LogP) is 2.15. The Bertz CT molecular complexity index is 131. The highest BCUT2D eigenvalue weighted by Gasteiger charge is 2.33. The molecule has 0 atom stereocenters. The van der Waals surface area contributed by atoms with E-state index < -0.39 is 18.8 Å². The summed E-state index contributed by atoms with van der Waals surface area (Å²) in [6.45, 7) is 3.55. The summed E-state index contributed by atoms with van der Waals surface area (Å²) in [5.41, 5.74) is 0. The maximum atomic E-state index is 10.7. The van der Waals surface area contributed by atoms with Gasteiger partial charge in [-0.2, -0.15) is 0 Å². The van der Waals surface area contributed by atoms with Crippen LogP contribution < -0.4 is 0 Å². The molecule has 0 saturated heterocycles. The molecular formula is C4H6Cl3O2Si. The minimum Gasteiger partial charge on any atom is -0.515 e. The Hall–Kier alpha value is 0.557. The lowest BCUT2D eigenvalue weighted by Gasteiger charge is -2.11. The lowest BCUT2D eigenvalue weighted by molar-refractivity contribution is -0.133. The summed E-state index contributed by atoms with van der Waals surface area (Å²) in [5.74, 6) is -0.795. The van der Waals surface area contributed by atoms with Crippen molar-refractivity contribution in [2.45, 2.75) is 16.9 Å². The van der Waals surface area contributed by atoms with Gasteiger partial charge in [-0.1, -0.05) is 34.8 Å². The highest BCUT2D eigenvalue weighted by Crippen LogP contribution is 2.27.